The number of benzene rings is 3. The normalized spacial score (nSPS) is 15.5. The van der Waals surface area contributed by atoms with Gasteiger partial charge in [0.05, 0.1) is 25.2 Å². The first kappa shape index (κ1) is 31.4. The van der Waals surface area contributed by atoms with Crippen LogP contribution in [0.4, 0.5) is 11.4 Å². The van der Waals surface area contributed by atoms with E-state index in [9.17, 15) is 22.8 Å². The average Bonchev–Trinajstić information content (AvgIpc) is 3.44. The lowest BCUT2D eigenvalue weighted by molar-refractivity contribution is -0.133. The molecule has 1 aliphatic heterocycles. The van der Waals surface area contributed by atoms with Gasteiger partial charge in [-0.15, -0.1) is 0 Å². The molecule has 4 rings (SSSR count). The number of primary amides is 1. The molecule has 0 spiro atoms. The van der Waals surface area contributed by atoms with Crippen LogP contribution in [0.1, 0.15) is 58.9 Å². The molecule has 3 amide bonds. The molecule has 0 bridgehead atoms. The summed E-state index contributed by atoms with van der Waals surface area (Å²) >= 11 is 0. The van der Waals surface area contributed by atoms with Crippen LogP contribution in [-0.2, 0) is 19.4 Å². The quantitative estimate of drug-likeness (QED) is 0.312. The van der Waals surface area contributed by atoms with Crippen LogP contribution in [0.2, 0.25) is 0 Å². The van der Waals surface area contributed by atoms with E-state index in [0.29, 0.717) is 53.4 Å². The molecule has 0 unspecified atom stereocenters. The fraction of sp³-hybridized carbons (Fsp3) is 0.323. The van der Waals surface area contributed by atoms with Gasteiger partial charge in [-0.3, -0.25) is 14.4 Å². The number of nitrogens with two attached hydrogens (primary N) is 1. The van der Waals surface area contributed by atoms with Crippen molar-refractivity contribution >= 4 is 38.9 Å². The molecule has 3 aromatic rings. The Kier molecular flexibility index (Phi) is 9.29. The molecule has 0 saturated carbocycles. The predicted octanol–water partition coefficient (Wildman–Crippen LogP) is 3.99. The lowest BCUT2D eigenvalue weighted by Gasteiger charge is -2.31. The van der Waals surface area contributed by atoms with E-state index in [1.165, 1.54) is 33.3 Å². The molecule has 0 aliphatic carbocycles. The second-order valence-corrected chi connectivity index (χ2v) is 12.5. The van der Waals surface area contributed by atoms with Crippen LogP contribution < -0.4 is 25.8 Å². The van der Waals surface area contributed by atoms with Crippen molar-refractivity contribution in [3.05, 3.63) is 76.9 Å². The van der Waals surface area contributed by atoms with Crippen molar-refractivity contribution < 1.29 is 32.3 Å². The summed E-state index contributed by atoms with van der Waals surface area (Å²) in [6.45, 7) is 3.56. The minimum absolute atomic E-state index is 0.0895. The Balaban J connectivity index is 1.82. The smallest absolute Gasteiger partial charge is 0.250 e. The highest BCUT2D eigenvalue weighted by Crippen LogP contribution is 2.40. The second-order valence-electron chi connectivity index (χ2n) is 10.5. The summed E-state index contributed by atoms with van der Waals surface area (Å²) in [6.07, 6.45) is 2.28. The van der Waals surface area contributed by atoms with E-state index in [0.717, 1.165) is 11.8 Å². The number of carbonyl (C=O) groups excluding carboxylic acids is 3. The number of ether oxygens (including phenoxy) is 2. The summed E-state index contributed by atoms with van der Waals surface area (Å²) in [5, 5.41) is 5.98. The number of hydrogen-bond acceptors (Lipinski definition) is 8. The third kappa shape index (κ3) is 7.08. The lowest BCUT2D eigenvalue weighted by atomic mass is 10.00. The number of anilines is 2. The van der Waals surface area contributed by atoms with E-state index in [1.807, 2.05) is 6.92 Å². The Labute approximate surface area is 251 Å². The van der Waals surface area contributed by atoms with E-state index in [1.54, 1.807) is 47.4 Å². The third-order valence-corrected chi connectivity index (χ3v) is 8.46. The Morgan fingerprint density at radius 1 is 0.977 bits per heavy atom. The summed E-state index contributed by atoms with van der Waals surface area (Å²) in [6, 6.07) is 13.3. The van der Waals surface area contributed by atoms with Crippen LogP contribution in [0, 0.1) is 6.92 Å². The zero-order valence-corrected chi connectivity index (χ0v) is 25.6. The Morgan fingerprint density at radius 2 is 1.70 bits per heavy atom. The molecular formula is C31H36N4O7S. The SMILES string of the molecule is COc1ccc([C@@H](Nc2cc(C)cc(C(N)=O)c2)C(=O)N2CCC[C@@H]2c2cc(NC(C)=O)ccc2S(C)(=O)=O)cc1OC. The van der Waals surface area contributed by atoms with Crippen molar-refractivity contribution in [2.45, 2.75) is 43.7 Å². The highest BCUT2D eigenvalue weighted by atomic mass is 32.2. The van der Waals surface area contributed by atoms with Crippen molar-refractivity contribution in [1.82, 2.24) is 4.90 Å². The van der Waals surface area contributed by atoms with Gasteiger partial charge in [0.25, 0.3) is 0 Å². The summed E-state index contributed by atoms with van der Waals surface area (Å²) < 4.78 is 36.5. The first-order chi connectivity index (χ1) is 20.3. The zero-order chi connectivity index (χ0) is 31.5. The fourth-order valence-corrected chi connectivity index (χ4v) is 6.38. The van der Waals surface area contributed by atoms with Gasteiger partial charge in [-0.2, -0.15) is 0 Å². The van der Waals surface area contributed by atoms with Crippen LogP contribution >= 0.6 is 0 Å². The standard InChI is InChI=1S/C31H36N4O7S/c1-18-13-21(30(32)37)15-23(14-18)34-29(20-8-10-26(41-3)27(16-20)42-4)31(38)35-12-6-7-25(35)24-17-22(33-19(2)36)9-11-28(24)43(5,39)40/h8-11,13-17,25,29,34H,6-7,12H2,1-5H3,(H2,32,37)(H,33,36)/t25-,29-/m1/s1. The highest BCUT2D eigenvalue weighted by Gasteiger charge is 2.37. The number of aryl methyl sites for hydroxylation is 1. The summed E-state index contributed by atoms with van der Waals surface area (Å²) in [5.74, 6) is -0.324. The van der Waals surface area contributed by atoms with Gasteiger partial charge in [0.15, 0.2) is 21.3 Å². The molecule has 2 atom stereocenters. The van der Waals surface area contributed by atoms with Gasteiger partial charge in [-0.1, -0.05) is 6.07 Å². The summed E-state index contributed by atoms with van der Waals surface area (Å²) in [5.41, 5.74) is 8.53. The van der Waals surface area contributed by atoms with Crippen LogP contribution in [0.3, 0.4) is 0 Å². The maximum Gasteiger partial charge on any atom is 0.250 e. The topological polar surface area (TPSA) is 157 Å². The van der Waals surface area contributed by atoms with Gasteiger partial charge in [-0.05, 0) is 85.0 Å². The number of carbonyl (C=O) groups is 3. The first-order valence-electron chi connectivity index (χ1n) is 13.6. The highest BCUT2D eigenvalue weighted by molar-refractivity contribution is 7.90. The number of amides is 3. The van der Waals surface area contributed by atoms with Crippen molar-refractivity contribution in [3.8, 4) is 11.5 Å². The van der Waals surface area contributed by atoms with E-state index >= 15 is 0 Å². The summed E-state index contributed by atoms with van der Waals surface area (Å²) in [4.78, 5) is 40.0. The van der Waals surface area contributed by atoms with Crippen molar-refractivity contribution in [3.63, 3.8) is 0 Å². The second kappa shape index (κ2) is 12.7. The molecule has 12 heteroatoms. The molecule has 43 heavy (non-hydrogen) atoms. The number of nitrogens with one attached hydrogen (secondary N) is 2. The molecule has 3 aromatic carbocycles. The molecule has 4 N–H and O–H groups in total. The van der Waals surface area contributed by atoms with Gasteiger partial charge < -0.3 is 30.7 Å². The van der Waals surface area contributed by atoms with Crippen LogP contribution in [0.15, 0.2) is 59.5 Å². The maximum atomic E-state index is 14.5. The molecule has 228 valence electrons. The number of likely N-dealkylation sites (tertiary alicyclic amines) is 1. The fourth-order valence-electron chi connectivity index (χ4n) is 5.44. The van der Waals surface area contributed by atoms with Gasteiger partial charge in [0.2, 0.25) is 17.7 Å². The van der Waals surface area contributed by atoms with E-state index in [2.05, 4.69) is 10.6 Å². The zero-order valence-electron chi connectivity index (χ0n) is 24.8. The van der Waals surface area contributed by atoms with Crippen molar-refractivity contribution in [2.75, 3.05) is 37.7 Å². The van der Waals surface area contributed by atoms with E-state index in [-0.39, 0.29) is 22.3 Å². The van der Waals surface area contributed by atoms with Crippen LogP contribution in [0.25, 0.3) is 0 Å². The Morgan fingerprint density at radius 3 is 2.33 bits per heavy atom. The Bertz CT molecular complexity index is 1670. The molecule has 1 fully saturated rings. The minimum atomic E-state index is -3.66. The Hall–Kier alpha value is -4.58. The van der Waals surface area contributed by atoms with Gasteiger partial charge in [0, 0.05) is 36.7 Å². The summed E-state index contributed by atoms with van der Waals surface area (Å²) in [7, 11) is -0.651. The van der Waals surface area contributed by atoms with Gasteiger partial charge in [0.1, 0.15) is 6.04 Å². The van der Waals surface area contributed by atoms with Gasteiger partial charge in [-0.25, -0.2) is 8.42 Å². The number of rotatable bonds is 10. The number of hydrogen-bond donors (Lipinski definition) is 3. The molecule has 0 radical (unpaired) electrons. The molecule has 1 saturated heterocycles. The molecule has 1 aliphatic rings. The van der Waals surface area contributed by atoms with E-state index < -0.39 is 27.8 Å². The lowest BCUT2D eigenvalue weighted by Crippen LogP contribution is -2.38. The number of methoxy groups -OCH3 is 2. The molecule has 11 nitrogen and oxygen atoms in total. The number of nitrogens with zero attached hydrogens (tertiary/aromatic N) is 1. The minimum Gasteiger partial charge on any atom is -0.493 e. The average molecular weight is 609 g/mol. The molecular weight excluding hydrogens is 572 g/mol. The monoisotopic (exact) mass is 608 g/mol. The van der Waals surface area contributed by atoms with Crippen molar-refractivity contribution in [2.24, 2.45) is 5.73 Å². The largest absolute Gasteiger partial charge is 0.493 e. The van der Waals surface area contributed by atoms with Gasteiger partial charge >= 0.3 is 0 Å². The molecule has 1 heterocycles. The molecule has 0 aromatic heterocycles. The maximum absolute atomic E-state index is 14.5. The van der Waals surface area contributed by atoms with E-state index in [4.69, 9.17) is 15.2 Å². The first-order valence-corrected chi connectivity index (χ1v) is 15.5. The van der Waals surface area contributed by atoms with Crippen LogP contribution in [0.5, 0.6) is 11.5 Å². The number of sulfone groups is 1. The predicted molar refractivity (Wildman–Crippen MR) is 163 cm³/mol. The van der Waals surface area contributed by atoms with Crippen LogP contribution in [-0.4, -0.2) is 58.1 Å². The van der Waals surface area contributed by atoms with Crippen molar-refractivity contribution in [1.29, 1.82) is 0 Å². The third-order valence-electron chi connectivity index (χ3n) is 7.29.